The van der Waals surface area contributed by atoms with E-state index in [0.29, 0.717) is 23.6 Å². The first kappa shape index (κ1) is 12.4. The zero-order valence-electron chi connectivity index (χ0n) is 9.79. The number of aromatic nitrogens is 1. The fraction of sp³-hybridized carbons (Fsp3) is 0.462. The van der Waals surface area contributed by atoms with E-state index < -0.39 is 0 Å². The van der Waals surface area contributed by atoms with Crippen LogP contribution >= 0.6 is 11.6 Å². The van der Waals surface area contributed by atoms with Crippen LogP contribution in [0.2, 0.25) is 5.02 Å². The molecule has 1 aliphatic carbocycles. The van der Waals surface area contributed by atoms with Gasteiger partial charge in [0.2, 0.25) is 5.88 Å². The summed E-state index contributed by atoms with van der Waals surface area (Å²) >= 11 is 6.10. The van der Waals surface area contributed by atoms with Gasteiger partial charge in [-0.05, 0) is 30.9 Å². The van der Waals surface area contributed by atoms with E-state index in [1.807, 2.05) is 18.3 Å². The quantitative estimate of drug-likeness (QED) is 0.599. The second-order valence-corrected chi connectivity index (χ2v) is 4.62. The molecule has 3 nitrogen and oxygen atoms in total. The Morgan fingerprint density at radius 1 is 1.59 bits per heavy atom. The molecule has 0 aromatic carbocycles. The minimum Gasteiger partial charge on any atom is -0.476 e. The van der Waals surface area contributed by atoms with Gasteiger partial charge in [0.05, 0.1) is 6.61 Å². The molecule has 1 N–H and O–H groups in total. The summed E-state index contributed by atoms with van der Waals surface area (Å²) in [4.78, 5) is 4.22. The van der Waals surface area contributed by atoms with E-state index >= 15 is 0 Å². The first-order chi connectivity index (χ1) is 8.29. The summed E-state index contributed by atoms with van der Waals surface area (Å²) in [5.41, 5.74) is 1.10. The van der Waals surface area contributed by atoms with Crippen molar-refractivity contribution in [3.8, 4) is 5.88 Å². The average molecular weight is 253 g/mol. The molecule has 0 bridgehead atoms. The highest BCUT2D eigenvalue weighted by Crippen LogP contribution is 2.24. The summed E-state index contributed by atoms with van der Waals surface area (Å²) in [7, 11) is 0. The number of ether oxygens (including phenoxy) is 1. The maximum absolute atomic E-state index is 6.10. The second kappa shape index (κ2) is 6.03. The van der Waals surface area contributed by atoms with Gasteiger partial charge in [0.15, 0.2) is 0 Å². The molecule has 0 saturated heterocycles. The van der Waals surface area contributed by atoms with Gasteiger partial charge in [-0.2, -0.15) is 0 Å². The van der Waals surface area contributed by atoms with Gasteiger partial charge in [-0.15, -0.1) is 6.58 Å². The summed E-state index contributed by atoms with van der Waals surface area (Å²) in [5, 5.41) is 3.99. The fourth-order valence-corrected chi connectivity index (χ4v) is 1.70. The Kier molecular flexibility index (Phi) is 4.40. The third-order valence-corrected chi connectivity index (χ3v) is 2.87. The van der Waals surface area contributed by atoms with E-state index in [1.54, 1.807) is 0 Å². The van der Waals surface area contributed by atoms with Crippen LogP contribution < -0.4 is 10.1 Å². The van der Waals surface area contributed by atoms with Crippen LogP contribution in [0.3, 0.4) is 0 Å². The van der Waals surface area contributed by atoms with Crippen molar-refractivity contribution in [2.24, 2.45) is 0 Å². The first-order valence-corrected chi connectivity index (χ1v) is 6.29. The van der Waals surface area contributed by atoms with Crippen LogP contribution in [0.5, 0.6) is 5.88 Å². The summed E-state index contributed by atoms with van der Waals surface area (Å²) in [6.07, 6.45) is 6.98. The standard InChI is InChI=1S/C13H17ClN2O/c1-2-3-6-17-13-12(14)7-10(9-16-13)8-15-11-4-5-11/h2,7,9,11,15H,1,3-6,8H2. The lowest BCUT2D eigenvalue weighted by atomic mass is 10.3. The number of pyridine rings is 1. The number of rotatable bonds is 7. The number of nitrogens with one attached hydrogen (secondary N) is 1. The molecule has 1 heterocycles. The molecule has 1 aliphatic rings. The lowest BCUT2D eigenvalue weighted by Crippen LogP contribution is -2.15. The van der Waals surface area contributed by atoms with Crippen LogP contribution in [-0.2, 0) is 6.54 Å². The maximum atomic E-state index is 6.10. The smallest absolute Gasteiger partial charge is 0.232 e. The van der Waals surface area contributed by atoms with Crippen LogP contribution in [0.1, 0.15) is 24.8 Å². The van der Waals surface area contributed by atoms with Gasteiger partial charge < -0.3 is 10.1 Å². The summed E-state index contributed by atoms with van der Waals surface area (Å²) < 4.78 is 5.44. The molecule has 0 amide bonds. The summed E-state index contributed by atoms with van der Waals surface area (Å²) in [6, 6.07) is 2.60. The Morgan fingerprint density at radius 3 is 3.06 bits per heavy atom. The van der Waals surface area contributed by atoms with Crippen LogP contribution in [0, 0.1) is 0 Å². The van der Waals surface area contributed by atoms with Gasteiger partial charge in [-0.1, -0.05) is 17.7 Å². The Morgan fingerprint density at radius 2 is 2.41 bits per heavy atom. The average Bonchev–Trinajstić information content (AvgIpc) is 3.13. The lowest BCUT2D eigenvalue weighted by Gasteiger charge is -2.08. The number of hydrogen-bond donors (Lipinski definition) is 1. The largest absolute Gasteiger partial charge is 0.476 e. The van der Waals surface area contributed by atoms with E-state index in [2.05, 4.69) is 16.9 Å². The summed E-state index contributed by atoms with van der Waals surface area (Å²) in [6.45, 7) is 5.02. The topological polar surface area (TPSA) is 34.1 Å². The minimum absolute atomic E-state index is 0.503. The molecule has 4 heteroatoms. The van der Waals surface area contributed by atoms with E-state index in [0.717, 1.165) is 18.5 Å². The SMILES string of the molecule is C=CCCOc1ncc(CNC2CC2)cc1Cl. The van der Waals surface area contributed by atoms with Crippen molar-refractivity contribution < 1.29 is 4.74 Å². The maximum Gasteiger partial charge on any atom is 0.232 e. The molecule has 0 radical (unpaired) electrons. The van der Waals surface area contributed by atoms with Crippen LogP contribution in [-0.4, -0.2) is 17.6 Å². The lowest BCUT2D eigenvalue weighted by molar-refractivity contribution is 0.312. The highest BCUT2D eigenvalue weighted by molar-refractivity contribution is 6.31. The third kappa shape index (κ3) is 4.02. The molecule has 0 aliphatic heterocycles. The van der Waals surface area contributed by atoms with Crippen molar-refractivity contribution >= 4 is 11.6 Å². The molecular formula is C13H17ClN2O. The van der Waals surface area contributed by atoms with E-state index in [4.69, 9.17) is 16.3 Å². The molecule has 0 atom stereocenters. The number of nitrogens with zero attached hydrogens (tertiary/aromatic N) is 1. The van der Waals surface area contributed by atoms with Gasteiger partial charge in [-0.3, -0.25) is 0 Å². The van der Waals surface area contributed by atoms with Crippen molar-refractivity contribution in [3.05, 3.63) is 35.5 Å². The minimum atomic E-state index is 0.503. The Bertz CT molecular complexity index is 391. The summed E-state index contributed by atoms with van der Waals surface area (Å²) in [5.74, 6) is 0.503. The zero-order valence-corrected chi connectivity index (χ0v) is 10.5. The van der Waals surface area contributed by atoms with Crippen LogP contribution in [0.15, 0.2) is 24.9 Å². The van der Waals surface area contributed by atoms with Crippen molar-refractivity contribution in [2.45, 2.75) is 31.8 Å². The predicted molar refractivity (Wildman–Crippen MR) is 69.4 cm³/mol. The second-order valence-electron chi connectivity index (χ2n) is 4.21. The Balaban J connectivity index is 1.87. The normalized spacial score (nSPS) is 14.6. The van der Waals surface area contributed by atoms with Gasteiger partial charge in [0.25, 0.3) is 0 Å². The molecule has 0 unspecified atom stereocenters. The Labute approximate surface area is 107 Å². The predicted octanol–water partition coefficient (Wildman–Crippen LogP) is 2.94. The van der Waals surface area contributed by atoms with E-state index in [9.17, 15) is 0 Å². The van der Waals surface area contributed by atoms with Crippen molar-refractivity contribution in [1.82, 2.24) is 10.3 Å². The van der Waals surface area contributed by atoms with Crippen molar-refractivity contribution in [2.75, 3.05) is 6.61 Å². The zero-order chi connectivity index (χ0) is 12.1. The van der Waals surface area contributed by atoms with Gasteiger partial charge >= 0.3 is 0 Å². The van der Waals surface area contributed by atoms with Crippen LogP contribution in [0.4, 0.5) is 0 Å². The molecule has 1 saturated carbocycles. The number of halogens is 1. The molecule has 2 rings (SSSR count). The van der Waals surface area contributed by atoms with Gasteiger partial charge in [-0.25, -0.2) is 4.98 Å². The van der Waals surface area contributed by atoms with Gasteiger partial charge in [0, 0.05) is 18.8 Å². The molecule has 17 heavy (non-hydrogen) atoms. The highest BCUT2D eigenvalue weighted by atomic mass is 35.5. The fourth-order valence-electron chi connectivity index (χ4n) is 1.46. The van der Waals surface area contributed by atoms with Crippen LogP contribution in [0.25, 0.3) is 0 Å². The monoisotopic (exact) mass is 252 g/mol. The van der Waals surface area contributed by atoms with E-state index in [-0.39, 0.29) is 0 Å². The number of hydrogen-bond acceptors (Lipinski definition) is 3. The molecule has 1 aromatic rings. The Hall–Kier alpha value is -1.06. The highest BCUT2D eigenvalue weighted by Gasteiger charge is 2.20. The van der Waals surface area contributed by atoms with Crippen molar-refractivity contribution in [1.29, 1.82) is 0 Å². The third-order valence-electron chi connectivity index (χ3n) is 2.60. The molecular weight excluding hydrogens is 236 g/mol. The van der Waals surface area contributed by atoms with Crippen molar-refractivity contribution in [3.63, 3.8) is 0 Å². The van der Waals surface area contributed by atoms with Gasteiger partial charge in [0.1, 0.15) is 5.02 Å². The van der Waals surface area contributed by atoms with E-state index in [1.165, 1.54) is 12.8 Å². The molecule has 92 valence electrons. The molecule has 0 spiro atoms. The first-order valence-electron chi connectivity index (χ1n) is 5.91. The molecule has 1 aromatic heterocycles. The molecule has 1 fully saturated rings.